The first-order valence-electron chi connectivity index (χ1n) is 40.1. The second-order valence-electron chi connectivity index (χ2n) is 31.3. The minimum atomic E-state index is -3.80. The van der Waals surface area contributed by atoms with Gasteiger partial charge in [0.2, 0.25) is 15.9 Å². The fraction of sp³-hybridized carbons (Fsp3) is 0.482. The molecule has 0 saturated carbocycles. The minimum absolute atomic E-state index is 0.00834. The molecule has 0 radical (unpaired) electrons. The van der Waals surface area contributed by atoms with Crippen LogP contribution in [0.5, 0.6) is 0 Å². The van der Waals surface area contributed by atoms with E-state index in [1.807, 2.05) is 63.6 Å². The summed E-state index contributed by atoms with van der Waals surface area (Å²) < 4.78 is 113. The predicted octanol–water partition coefficient (Wildman–Crippen LogP) is 10.3. The van der Waals surface area contributed by atoms with Gasteiger partial charge in [0.25, 0.3) is 23.6 Å². The first kappa shape index (κ1) is 101. The second-order valence-corrected chi connectivity index (χ2v) is 39.8. The normalized spacial score (nSPS) is 17.2. The second kappa shape index (κ2) is 46.2. The van der Waals surface area contributed by atoms with Crippen molar-refractivity contribution in [2.45, 2.75) is 118 Å². The quantitative estimate of drug-likeness (QED) is 0.0183. The van der Waals surface area contributed by atoms with Gasteiger partial charge >= 0.3 is 11.9 Å². The number of amides is 5. The van der Waals surface area contributed by atoms with E-state index in [2.05, 4.69) is 34.4 Å². The lowest BCUT2D eigenvalue weighted by atomic mass is 9.85. The maximum Gasteiger partial charge on any atom is 0.349 e. The van der Waals surface area contributed by atoms with Gasteiger partial charge in [-0.25, -0.2) is 39.6 Å². The number of hydrogen-bond acceptors (Lipinski definition) is 26. The fourth-order valence-electron chi connectivity index (χ4n) is 14.0. The molecule has 6 aromatic carbocycles. The number of imide groups is 2. The van der Waals surface area contributed by atoms with Gasteiger partial charge in [0.1, 0.15) is 12.0 Å². The Labute approximate surface area is 753 Å². The highest BCUT2D eigenvalue weighted by Gasteiger charge is 2.47. The summed E-state index contributed by atoms with van der Waals surface area (Å²) >= 11 is 38.3. The van der Waals surface area contributed by atoms with Crippen molar-refractivity contribution in [3.8, 4) is 0 Å². The fourth-order valence-corrected chi connectivity index (χ4v) is 19.3. The van der Waals surface area contributed by atoms with Crippen LogP contribution in [-0.2, 0) is 126 Å². The lowest BCUT2D eigenvalue weighted by molar-refractivity contribution is -0.217. The number of fused-ring (bicyclic) bond motifs is 3. The molecule has 5 amide bonds. The number of rotatable bonds is 40. The average molecular weight is 1900 g/mol. The largest absolute Gasteiger partial charge is 0.379 e. The molecule has 0 bridgehead atoms. The summed E-state index contributed by atoms with van der Waals surface area (Å²) in [6.07, 6.45) is 0.379. The van der Waals surface area contributed by atoms with Crippen LogP contribution < -0.4 is 15.8 Å². The molecular formula is C85H104Cl6N8O22S3. The van der Waals surface area contributed by atoms with Crippen molar-refractivity contribution in [2.75, 3.05) is 151 Å². The Hall–Kier alpha value is -7.17. The molecule has 0 aromatic heterocycles. The number of hydrogen-bond donors (Lipinski definition) is 3. The summed E-state index contributed by atoms with van der Waals surface area (Å²) in [5.41, 5.74) is 11.3. The number of carbonyl (C=O) groups excluding carboxylic acids is 8. The topological polar surface area (TPSA) is 379 Å². The van der Waals surface area contributed by atoms with E-state index >= 15 is 0 Å². The first-order chi connectivity index (χ1) is 58.7. The maximum atomic E-state index is 13.1. The zero-order valence-electron chi connectivity index (χ0n) is 69.9. The lowest BCUT2D eigenvalue weighted by Crippen LogP contribution is -2.45. The number of nitrogens with one attached hydrogen (secondary N) is 2. The molecule has 39 heteroatoms. The summed E-state index contributed by atoms with van der Waals surface area (Å²) in [6.45, 7) is 13.0. The molecule has 5 heterocycles. The van der Waals surface area contributed by atoms with Gasteiger partial charge in [-0.3, -0.25) is 28.8 Å². The number of likely N-dealkylation sites (N-methyl/N-ethyl adjacent to an activating group) is 3. The molecule has 11 rings (SSSR count). The van der Waals surface area contributed by atoms with E-state index in [-0.39, 0.29) is 131 Å². The van der Waals surface area contributed by atoms with Crippen LogP contribution in [0.25, 0.3) is 0 Å². The van der Waals surface area contributed by atoms with Crippen molar-refractivity contribution in [2.24, 2.45) is 16.6 Å². The van der Waals surface area contributed by atoms with E-state index in [1.165, 1.54) is 13.8 Å². The highest BCUT2D eigenvalue weighted by molar-refractivity contribution is 7.91. The van der Waals surface area contributed by atoms with Gasteiger partial charge < -0.3 is 63.8 Å². The maximum absolute atomic E-state index is 13.1. The van der Waals surface area contributed by atoms with Gasteiger partial charge in [-0.05, 0) is 185 Å². The number of sulfonamides is 1. The number of ether oxygens (including phenoxy) is 6. The third-order valence-electron chi connectivity index (χ3n) is 21.1. The van der Waals surface area contributed by atoms with Crippen molar-refractivity contribution in [3.63, 3.8) is 0 Å². The van der Waals surface area contributed by atoms with Gasteiger partial charge in [-0.15, -0.1) is 10.1 Å². The first-order valence-corrected chi connectivity index (χ1v) is 47.2. The number of Topliss-reactive ketones (excluding diaryl/α,β-unsaturated/α-hetero) is 1. The minimum Gasteiger partial charge on any atom is -0.379 e. The Bertz CT molecular complexity index is 5070. The zero-order chi connectivity index (χ0) is 90.4. The van der Waals surface area contributed by atoms with Crippen molar-refractivity contribution in [1.29, 1.82) is 0 Å². The molecule has 124 heavy (non-hydrogen) atoms. The van der Waals surface area contributed by atoms with Crippen LogP contribution in [0, 0.1) is 10.8 Å². The summed E-state index contributed by atoms with van der Waals surface area (Å²) in [5.74, 6) is -6.09. The van der Waals surface area contributed by atoms with Crippen LogP contribution in [0.1, 0.15) is 134 Å². The predicted molar refractivity (Wildman–Crippen MR) is 466 cm³/mol. The van der Waals surface area contributed by atoms with E-state index in [0.29, 0.717) is 104 Å². The van der Waals surface area contributed by atoms with E-state index in [4.69, 9.17) is 104 Å². The Kier molecular flexibility index (Phi) is 37.5. The number of carbonyl (C=O) groups is 8. The Morgan fingerprint density at radius 2 is 0.750 bits per heavy atom. The molecule has 0 spiro atoms. The van der Waals surface area contributed by atoms with Crippen LogP contribution >= 0.6 is 69.6 Å². The molecule has 5 aliphatic heterocycles. The third-order valence-corrected chi connectivity index (χ3v) is 27.9. The molecule has 2 saturated heterocycles. The Morgan fingerprint density at radius 3 is 1.10 bits per heavy atom. The van der Waals surface area contributed by atoms with E-state index < -0.39 is 87.8 Å². The molecule has 3 atom stereocenters. The summed E-state index contributed by atoms with van der Waals surface area (Å²) in [6, 6.07) is 32.0. The molecule has 5 aliphatic rings. The van der Waals surface area contributed by atoms with E-state index in [1.54, 1.807) is 66.7 Å². The van der Waals surface area contributed by atoms with Crippen molar-refractivity contribution >= 4 is 147 Å². The SMILES string of the molecule is CC(C)(C(=O)ON1C(=O)CCC1=O)C(=O)ON1C(=O)CCC1=O.CN1Cc2c(Cl)cc(Cl)cc2C(c2ccc(S(=O)(=O)CCCOCCOCCN)cc2)C1.CN1Cc2c(Cl)cc(Cl)cc2C(c2ccc(S(=O)(=O)CCCOCCOCCNC(=O)C(C)(C)C(=O)COCCOCCNS(=O)(=O)c3ccc(C4CN(C)Cc5c(Cl)cc(Cl)cc54)cc3)cc2)C1. The number of ketones is 1. The third kappa shape index (κ3) is 27.7. The van der Waals surface area contributed by atoms with Crippen LogP contribution in [0.2, 0.25) is 30.1 Å². The molecule has 6 aromatic rings. The van der Waals surface area contributed by atoms with Crippen molar-refractivity contribution in [1.82, 2.24) is 34.9 Å². The van der Waals surface area contributed by atoms with Gasteiger partial charge in [0, 0.05) is 146 Å². The van der Waals surface area contributed by atoms with Gasteiger partial charge in [0.15, 0.2) is 30.9 Å². The average Bonchev–Trinajstić information content (AvgIpc) is 1.07. The highest BCUT2D eigenvalue weighted by atomic mass is 35.5. The highest BCUT2D eigenvalue weighted by Crippen LogP contribution is 2.43. The number of benzene rings is 6. The van der Waals surface area contributed by atoms with Gasteiger partial charge in [-0.1, -0.05) is 106 Å². The molecule has 2 fully saturated rings. The number of halogens is 6. The number of sulfone groups is 2. The number of nitrogens with zero attached hydrogens (tertiary/aromatic N) is 5. The zero-order valence-corrected chi connectivity index (χ0v) is 76.9. The summed E-state index contributed by atoms with van der Waals surface area (Å²) in [5, 5.41) is 6.93. The molecular weight excluding hydrogens is 1790 g/mol. The number of hydroxylamine groups is 4. The van der Waals surface area contributed by atoms with Crippen molar-refractivity contribution in [3.05, 3.63) is 189 Å². The molecule has 3 unspecified atom stereocenters. The summed E-state index contributed by atoms with van der Waals surface area (Å²) in [4.78, 5) is 112. The molecule has 676 valence electrons. The molecule has 0 aliphatic carbocycles. The summed E-state index contributed by atoms with van der Waals surface area (Å²) in [7, 11) is -4.61. The van der Waals surface area contributed by atoms with Crippen LogP contribution in [0.15, 0.2) is 124 Å². The van der Waals surface area contributed by atoms with Gasteiger partial charge in [0.05, 0.1) is 85.7 Å². The molecule has 4 N–H and O–H groups in total. The number of nitrogens with two attached hydrogens (primary N) is 1. The van der Waals surface area contributed by atoms with Crippen molar-refractivity contribution < 1.29 is 102 Å². The standard InChI is InChI=1S/C49H60Cl4N4O10S2.C23H30Cl2N2O4S.C13H14N2O8/c1-49(2,47(58)32-67-22-21-66-18-15-55-69(62,63)38-12-8-34(9-13-38)42-29-57(4)31-44-40(42)25-36(51)27-46(44)53)48(59)54-14-17-65-20-19-64-16-5-23-68(60,61)37-10-6-33(7-11-37)41-28-56(3)30-43-39(41)24-35(50)26-45(43)52;1-27-15-21(20-13-18(24)14-23(25)22(20)16-27)17-3-5-19(6-4-17)32(28,29)12-2-8-30-10-11-31-9-7-26;1-13(2,11(20)22-14-7(16)3-4-8(14)17)12(21)23-15-9(18)5-6-10(15)19/h6-13,24-27,41-42,55H,5,14-23,28-32H2,1-4H3,(H,54,59);3-6,13-14,21H,2,7-12,15-16,26H2,1H3;3-6H2,1-2H3. The Morgan fingerprint density at radius 1 is 0.427 bits per heavy atom. The lowest BCUT2D eigenvalue weighted by Gasteiger charge is -2.33. The Balaban J connectivity index is 0.000000258. The van der Waals surface area contributed by atoms with Crippen LogP contribution in [-0.4, -0.2) is 249 Å². The van der Waals surface area contributed by atoms with E-state index in [0.717, 1.165) is 90.1 Å². The van der Waals surface area contributed by atoms with Gasteiger partial charge in [-0.2, -0.15) is 0 Å². The van der Waals surface area contributed by atoms with Crippen LogP contribution in [0.3, 0.4) is 0 Å². The smallest absolute Gasteiger partial charge is 0.349 e. The van der Waals surface area contributed by atoms with E-state index in [9.17, 15) is 63.6 Å². The molecule has 30 nitrogen and oxygen atoms in total. The van der Waals surface area contributed by atoms with Crippen LogP contribution in [0.4, 0.5) is 0 Å². The monoisotopic (exact) mass is 1890 g/mol.